The third-order valence-electron chi connectivity index (χ3n) is 4.23. The van der Waals surface area contributed by atoms with Crippen molar-refractivity contribution >= 4 is 46.7 Å². The number of hydrogen-bond acceptors (Lipinski definition) is 8. The summed E-state index contributed by atoms with van der Waals surface area (Å²) in [5.74, 6) is -1.08. The minimum Gasteiger partial charge on any atom is -0.465 e. The van der Waals surface area contributed by atoms with Crippen LogP contribution in [0.2, 0.25) is 5.15 Å². The number of esters is 1. The van der Waals surface area contributed by atoms with Crippen LogP contribution in [-0.2, 0) is 11.3 Å². The summed E-state index contributed by atoms with van der Waals surface area (Å²) in [7, 11) is 1.28. The predicted octanol–water partition coefficient (Wildman–Crippen LogP) is 3.07. The molecular weight excluding hydrogens is 460 g/mol. The van der Waals surface area contributed by atoms with E-state index < -0.39 is 16.8 Å². The van der Waals surface area contributed by atoms with Gasteiger partial charge in [0.1, 0.15) is 5.15 Å². The van der Waals surface area contributed by atoms with Gasteiger partial charge in [-0.05, 0) is 29.8 Å². The first kappa shape index (κ1) is 22.8. The van der Waals surface area contributed by atoms with Gasteiger partial charge in [-0.25, -0.2) is 10.2 Å². The topological polar surface area (TPSA) is 133 Å². The average molecular weight is 475 g/mol. The maximum Gasteiger partial charge on any atom is 0.337 e. The number of hydrogen-bond donors (Lipinski definition) is 1. The number of benzene rings is 2. The Labute approximate surface area is 189 Å². The SMILES string of the molecule is COC(=O)c1cccc(Cn2c(Cl)c(C=NNC(=O)c3ccc([N+](=O)[O-])cc3)sc2=O)c1. The summed E-state index contributed by atoms with van der Waals surface area (Å²) in [6.07, 6.45) is 1.24. The van der Waals surface area contributed by atoms with Gasteiger partial charge < -0.3 is 4.74 Å². The highest BCUT2D eigenvalue weighted by molar-refractivity contribution is 7.11. The third-order valence-corrected chi connectivity index (χ3v) is 5.67. The van der Waals surface area contributed by atoms with Crippen LogP contribution in [0, 0.1) is 10.1 Å². The van der Waals surface area contributed by atoms with Gasteiger partial charge in [-0.3, -0.25) is 24.3 Å². The zero-order valence-corrected chi connectivity index (χ0v) is 18.1. The van der Waals surface area contributed by atoms with Crippen LogP contribution in [0.25, 0.3) is 0 Å². The fourth-order valence-corrected chi connectivity index (χ4v) is 3.77. The molecule has 0 aliphatic rings. The summed E-state index contributed by atoms with van der Waals surface area (Å²) in [6.45, 7) is 0.127. The number of nitro benzene ring substituents is 1. The quantitative estimate of drug-likeness (QED) is 0.242. The summed E-state index contributed by atoms with van der Waals surface area (Å²) in [6, 6.07) is 11.6. The number of thiazole rings is 1. The Kier molecular flexibility index (Phi) is 7.13. The van der Waals surface area contributed by atoms with Crippen molar-refractivity contribution in [3.05, 3.63) is 95.0 Å². The molecule has 0 fully saturated rings. The number of halogens is 1. The highest BCUT2D eigenvalue weighted by Gasteiger charge is 2.14. The average Bonchev–Trinajstić information content (AvgIpc) is 3.06. The number of methoxy groups -OCH3 is 1. The van der Waals surface area contributed by atoms with Gasteiger partial charge in [0.05, 0.1) is 35.2 Å². The molecule has 164 valence electrons. The second-order valence-electron chi connectivity index (χ2n) is 6.30. The largest absolute Gasteiger partial charge is 0.465 e. The Hall–Kier alpha value is -3.83. The molecule has 1 amide bonds. The standard InChI is InChI=1S/C20H15ClN4O6S/c1-31-19(27)14-4-2-3-12(9-14)11-24-17(21)16(32-20(24)28)10-22-23-18(26)13-5-7-15(8-6-13)25(29)30/h2-10H,11H2,1H3,(H,23,26). The highest BCUT2D eigenvalue weighted by Crippen LogP contribution is 2.19. The molecule has 0 atom stereocenters. The van der Waals surface area contributed by atoms with Gasteiger partial charge >= 0.3 is 10.8 Å². The van der Waals surface area contributed by atoms with Crippen LogP contribution in [0.15, 0.2) is 58.4 Å². The first-order chi connectivity index (χ1) is 15.3. The van der Waals surface area contributed by atoms with Crippen molar-refractivity contribution in [2.45, 2.75) is 6.54 Å². The lowest BCUT2D eigenvalue weighted by Gasteiger charge is -2.06. The molecule has 0 aliphatic carbocycles. The number of carbonyl (C=O) groups is 2. The lowest BCUT2D eigenvalue weighted by atomic mass is 10.1. The van der Waals surface area contributed by atoms with Crippen LogP contribution in [0.4, 0.5) is 5.69 Å². The minimum absolute atomic E-state index is 0.122. The molecule has 1 aromatic heterocycles. The molecule has 32 heavy (non-hydrogen) atoms. The van der Waals surface area contributed by atoms with E-state index in [0.29, 0.717) is 16.0 Å². The molecule has 1 heterocycles. The molecule has 0 saturated heterocycles. The summed E-state index contributed by atoms with van der Waals surface area (Å²) in [4.78, 5) is 46.2. The number of aromatic nitrogens is 1. The zero-order chi connectivity index (χ0) is 23.3. The molecule has 12 heteroatoms. The van der Waals surface area contributed by atoms with E-state index in [4.69, 9.17) is 16.3 Å². The second kappa shape index (κ2) is 9.98. The van der Waals surface area contributed by atoms with Crippen molar-refractivity contribution in [3.8, 4) is 0 Å². The van der Waals surface area contributed by atoms with Crippen LogP contribution < -0.4 is 10.3 Å². The first-order valence-electron chi connectivity index (χ1n) is 8.94. The van der Waals surface area contributed by atoms with Gasteiger partial charge in [-0.15, -0.1) is 0 Å². The van der Waals surface area contributed by atoms with Crippen molar-refractivity contribution in [3.63, 3.8) is 0 Å². The lowest BCUT2D eigenvalue weighted by Crippen LogP contribution is -2.17. The van der Waals surface area contributed by atoms with E-state index in [2.05, 4.69) is 10.5 Å². The number of nitro groups is 1. The monoisotopic (exact) mass is 474 g/mol. The molecule has 0 radical (unpaired) electrons. The predicted molar refractivity (Wildman–Crippen MR) is 119 cm³/mol. The van der Waals surface area contributed by atoms with Crippen LogP contribution in [-0.4, -0.2) is 34.7 Å². The Morgan fingerprint density at radius 1 is 1.25 bits per heavy atom. The first-order valence-corrected chi connectivity index (χ1v) is 10.1. The number of ether oxygens (including phenoxy) is 1. The number of hydrazone groups is 1. The minimum atomic E-state index is -0.585. The molecule has 1 N–H and O–H groups in total. The number of amides is 1. The maximum atomic E-state index is 12.3. The Morgan fingerprint density at radius 3 is 2.62 bits per heavy atom. The number of nitrogens with zero attached hydrogens (tertiary/aromatic N) is 3. The smallest absolute Gasteiger partial charge is 0.337 e. The van der Waals surface area contributed by atoms with Crippen molar-refractivity contribution in [1.29, 1.82) is 0 Å². The van der Waals surface area contributed by atoms with Crippen LogP contribution in [0.1, 0.15) is 31.2 Å². The van der Waals surface area contributed by atoms with Crippen molar-refractivity contribution in [1.82, 2.24) is 9.99 Å². The molecule has 3 aromatic rings. The van der Waals surface area contributed by atoms with Gasteiger partial charge in [0.2, 0.25) is 0 Å². The Balaban J connectivity index is 1.71. The second-order valence-corrected chi connectivity index (χ2v) is 7.66. The molecular formula is C20H15ClN4O6S. The van der Waals surface area contributed by atoms with E-state index in [9.17, 15) is 24.5 Å². The van der Waals surface area contributed by atoms with Crippen molar-refractivity contribution < 1.29 is 19.2 Å². The van der Waals surface area contributed by atoms with Crippen LogP contribution in [0.5, 0.6) is 0 Å². The number of non-ortho nitro benzene ring substituents is 1. The zero-order valence-electron chi connectivity index (χ0n) is 16.5. The fourth-order valence-electron chi connectivity index (χ4n) is 2.66. The number of carbonyl (C=O) groups excluding carboxylic acids is 2. The van der Waals surface area contributed by atoms with E-state index in [-0.39, 0.29) is 27.8 Å². The van der Waals surface area contributed by atoms with Crippen molar-refractivity contribution in [2.24, 2.45) is 5.10 Å². The van der Waals surface area contributed by atoms with Crippen LogP contribution >= 0.6 is 22.9 Å². The van der Waals surface area contributed by atoms with Crippen LogP contribution in [0.3, 0.4) is 0 Å². The van der Waals surface area contributed by atoms with E-state index in [0.717, 1.165) is 11.3 Å². The Morgan fingerprint density at radius 2 is 1.97 bits per heavy atom. The molecule has 0 bridgehead atoms. The van der Waals surface area contributed by atoms with E-state index in [1.54, 1.807) is 24.3 Å². The van der Waals surface area contributed by atoms with Gasteiger partial charge in [0.25, 0.3) is 11.6 Å². The molecule has 0 aliphatic heterocycles. The summed E-state index contributed by atoms with van der Waals surface area (Å²) < 4.78 is 6.00. The van der Waals surface area contributed by atoms with Gasteiger partial charge in [-0.1, -0.05) is 35.1 Å². The molecule has 3 rings (SSSR count). The van der Waals surface area contributed by atoms with Gasteiger partial charge in [-0.2, -0.15) is 5.10 Å². The molecule has 10 nitrogen and oxygen atoms in total. The number of nitrogens with one attached hydrogen (secondary N) is 1. The van der Waals surface area contributed by atoms with Crippen molar-refractivity contribution in [2.75, 3.05) is 7.11 Å². The fraction of sp³-hybridized carbons (Fsp3) is 0.100. The molecule has 0 saturated carbocycles. The van der Waals surface area contributed by atoms with E-state index >= 15 is 0 Å². The molecule has 0 spiro atoms. The van der Waals surface area contributed by atoms with E-state index in [1.807, 2.05) is 0 Å². The normalized spacial score (nSPS) is 10.8. The number of rotatable bonds is 7. The highest BCUT2D eigenvalue weighted by atomic mass is 35.5. The molecule has 0 unspecified atom stereocenters. The third kappa shape index (κ3) is 5.25. The van der Waals surface area contributed by atoms with Gasteiger partial charge in [0.15, 0.2) is 0 Å². The van der Waals surface area contributed by atoms with Gasteiger partial charge in [0, 0.05) is 17.7 Å². The lowest BCUT2D eigenvalue weighted by molar-refractivity contribution is -0.384. The van der Waals surface area contributed by atoms with E-state index in [1.165, 1.54) is 42.2 Å². The maximum absolute atomic E-state index is 12.3. The Bertz CT molecular complexity index is 1270. The molecule has 2 aromatic carbocycles. The summed E-state index contributed by atoms with van der Waals surface area (Å²) >= 11 is 7.14. The summed E-state index contributed by atoms with van der Waals surface area (Å²) in [5, 5.41) is 14.6. The summed E-state index contributed by atoms with van der Waals surface area (Å²) in [5.41, 5.74) is 3.33.